The van der Waals surface area contributed by atoms with Crippen LogP contribution in [0.4, 0.5) is 13.2 Å². The van der Waals surface area contributed by atoms with E-state index < -0.39 is 27.6 Å². The van der Waals surface area contributed by atoms with Gasteiger partial charge in [-0.05, 0) is 18.2 Å². The molecule has 0 saturated heterocycles. The molecule has 3 aromatic rings. The summed E-state index contributed by atoms with van der Waals surface area (Å²) in [6.45, 7) is 1.44. The number of hydrogen-bond donors (Lipinski definition) is 1. The molecule has 0 bridgehead atoms. The Balaban J connectivity index is 2.24. The normalized spacial score (nSPS) is 12.3. The molecule has 0 spiro atoms. The number of rotatable bonds is 4. The van der Waals surface area contributed by atoms with Gasteiger partial charge in [0.05, 0.1) is 16.3 Å². The molecule has 8 nitrogen and oxygen atoms in total. The van der Waals surface area contributed by atoms with Crippen molar-refractivity contribution in [3.63, 3.8) is 0 Å². The number of alkyl halides is 3. The predicted molar refractivity (Wildman–Crippen MR) is 92.3 cm³/mol. The Kier molecular flexibility index (Phi) is 4.83. The molecular weight excluding hydrogens is 399 g/mol. The molecule has 0 unspecified atom stereocenters. The van der Waals surface area contributed by atoms with Crippen molar-refractivity contribution >= 4 is 21.4 Å². The first-order valence-corrected chi connectivity index (χ1v) is 9.62. The number of fused-ring (bicyclic) bond motifs is 1. The van der Waals surface area contributed by atoms with Crippen molar-refractivity contribution in [3.8, 4) is 11.4 Å². The van der Waals surface area contributed by atoms with Gasteiger partial charge in [-0.25, -0.2) is 22.9 Å². The molecule has 148 valence electrons. The lowest BCUT2D eigenvalue weighted by molar-refractivity contribution is -0.141. The Bertz CT molecular complexity index is 1170. The Morgan fingerprint density at radius 2 is 1.93 bits per heavy atom. The first kappa shape index (κ1) is 19.7. The Labute approximate surface area is 157 Å². The smallest absolute Gasteiger partial charge is 0.354 e. The zero-order valence-electron chi connectivity index (χ0n) is 14.6. The molecule has 0 aliphatic heterocycles. The zero-order valence-corrected chi connectivity index (χ0v) is 15.5. The van der Waals surface area contributed by atoms with Gasteiger partial charge in [-0.15, -0.1) is 0 Å². The van der Waals surface area contributed by atoms with Crippen LogP contribution in [0.3, 0.4) is 0 Å². The number of carbonyl (C=O) groups excluding carboxylic acids is 1. The maximum absolute atomic E-state index is 12.9. The molecule has 0 radical (unpaired) electrons. The molecule has 3 rings (SSSR count). The zero-order chi connectivity index (χ0) is 20.7. The van der Waals surface area contributed by atoms with Crippen molar-refractivity contribution in [2.45, 2.75) is 18.0 Å². The highest BCUT2D eigenvalue weighted by molar-refractivity contribution is 7.91. The van der Waals surface area contributed by atoms with E-state index in [0.717, 1.165) is 10.6 Å². The van der Waals surface area contributed by atoms with E-state index in [-0.39, 0.29) is 33.4 Å². The summed E-state index contributed by atoms with van der Waals surface area (Å²) in [5.41, 5.74) is -1.46. The minimum atomic E-state index is -4.65. The van der Waals surface area contributed by atoms with Crippen molar-refractivity contribution in [3.05, 3.63) is 41.9 Å². The number of carbonyl (C=O) groups is 1. The number of halogens is 3. The molecule has 3 heterocycles. The number of aromatic nitrogens is 4. The van der Waals surface area contributed by atoms with Crippen LogP contribution in [0.5, 0.6) is 0 Å². The SMILES string of the molecule is CCS(=O)(=O)c1ccc(C(=O)NC)nc1-c1ccn2nc(C(F)(F)F)cc2n1. The van der Waals surface area contributed by atoms with Gasteiger partial charge >= 0.3 is 6.18 Å². The van der Waals surface area contributed by atoms with Gasteiger partial charge in [0.1, 0.15) is 11.4 Å². The van der Waals surface area contributed by atoms with Gasteiger partial charge in [-0.3, -0.25) is 4.79 Å². The maximum atomic E-state index is 12.9. The summed E-state index contributed by atoms with van der Waals surface area (Å²) in [7, 11) is -2.35. The van der Waals surface area contributed by atoms with E-state index in [1.54, 1.807) is 0 Å². The lowest BCUT2D eigenvalue weighted by Gasteiger charge is -2.10. The fourth-order valence-corrected chi connectivity index (χ4v) is 3.47. The van der Waals surface area contributed by atoms with Crippen LogP contribution in [0, 0.1) is 0 Å². The van der Waals surface area contributed by atoms with Gasteiger partial charge in [-0.2, -0.15) is 18.3 Å². The van der Waals surface area contributed by atoms with E-state index in [2.05, 4.69) is 20.4 Å². The molecule has 0 aliphatic rings. The average molecular weight is 413 g/mol. The third-order valence-electron chi connectivity index (χ3n) is 3.89. The van der Waals surface area contributed by atoms with E-state index in [0.29, 0.717) is 0 Å². The summed E-state index contributed by atoms with van der Waals surface area (Å²) >= 11 is 0. The summed E-state index contributed by atoms with van der Waals surface area (Å²) in [6.07, 6.45) is -3.44. The van der Waals surface area contributed by atoms with Gasteiger partial charge in [0.2, 0.25) is 0 Å². The maximum Gasteiger partial charge on any atom is 0.435 e. The largest absolute Gasteiger partial charge is 0.435 e. The molecular formula is C16H14F3N5O3S. The number of hydrogen-bond acceptors (Lipinski definition) is 6. The standard InChI is InChI=1S/C16H14F3N5O3S/c1-3-28(26,27)11-5-4-10(15(25)20-2)22-14(11)9-6-7-24-13(21-9)8-12(23-24)16(17,18)19/h4-8H,3H2,1-2H3,(H,20,25). The number of nitrogens with zero attached hydrogens (tertiary/aromatic N) is 4. The summed E-state index contributed by atoms with van der Waals surface area (Å²) in [5, 5.41) is 5.76. The highest BCUT2D eigenvalue weighted by atomic mass is 32.2. The van der Waals surface area contributed by atoms with Crippen LogP contribution >= 0.6 is 0 Å². The van der Waals surface area contributed by atoms with Gasteiger partial charge in [0.15, 0.2) is 21.2 Å². The first-order chi connectivity index (χ1) is 13.1. The molecule has 3 aromatic heterocycles. The van der Waals surface area contributed by atoms with Crippen LogP contribution in [0.25, 0.3) is 17.0 Å². The van der Waals surface area contributed by atoms with Crippen molar-refractivity contribution in [2.24, 2.45) is 0 Å². The molecule has 0 aromatic carbocycles. The quantitative estimate of drug-likeness (QED) is 0.701. The predicted octanol–water partition coefficient (Wildman–Crippen LogP) is 1.96. The Hall–Kier alpha value is -3.02. The van der Waals surface area contributed by atoms with Crippen molar-refractivity contribution in [2.75, 3.05) is 12.8 Å². The van der Waals surface area contributed by atoms with Crippen LogP contribution in [0.1, 0.15) is 23.1 Å². The van der Waals surface area contributed by atoms with E-state index in [1.807, 2.05) is 0 Å². The van der Waals surface area contributed by atoms with Gasteiger partial charge in [0.25, 0.3) is 5.91 Å². The summed E-state index contributed by atoms with van der Waals surface area (Å²) in [5.74, 6) is -0.778. The van der Waals surface area contributed by atoms with Gasteiger partial charge in [0, 0.05) is 19.3 Å². The molecule has 0 fully saturated rings. The van der Waals surface area contributed by atoms with Crippen LogP contribution in [-0.2, 0) is 16.0 Å². The van der Waals surface area contributed by atoms with Crippen LogP contribution in [0.15, 0.2) is 35.4 Å². The first-order valence-electron chi connectivity index (χ1n) is 7.96. The van der Waals surface area contributed by atoms with Gasteiger partial charge < -0.3 is 5.32 Å². The van der Waals surface area contributed by atoms with Gasteiger partial charge in [-0.1, -0.05) is 6.92 Å². The molecule has 28 heavy (non-hydrogen) atoms. The number of pyridine rings is 1. The summed E-state index contributed by atoms with van der Waals surface area (Å²) < 4.78 is 64.3. The van der Waals surface area contributed by atoms with Crippen molar-refractivity contribution < 1.29 is 26.4 Å². The lowest BCUT2D eigenvalue weighted by atomic mass is 10.2. The highest BCUT2D eigenvalue weighted by Gasteiger charge is 2.34. The average Bonchev–Trinajstić information content (AvgIpc) is 3.10. The molecule has 12 heteroatoms. The molecule has 0 saturated carbocycles. The lowest BCUT2D eigenvalue weighted by Crippen LogP contribution is -2.20. The second kappa shape index (κ2) is 6.86. The highest BCUT2D eigenvalue weighted by Crippen LogP contribution is 2.30. The second-order valence-electron chi connectivity index (χ2n) is 5.67. The minimum absolute atomic E-state index is 0.00102. The number of sulfone groups is 1. The topological polar surface area (TPSA) is 106 Å². The number of nitrogens with one attached hydrogen (secondary N) is 1. The van der Waals surface area contributed by atoms with Crippen LogP contribution < -0.4 is 5.32 Å². The Morgan fingerprint density at radius 1 is 1.21 bits per heavy atom. The summed E-state index contributed by atoms with van der Waals surface area (Å²) in [4.78, 5) is 19.8. The van der Waals surface area contributed by atoms with E-state index in [9.17, 15) is 26.4 Å². The fraction of sp³-hybridized carbons (Fsp3) is 0.250. The van der Waals surface area contributed by atoms with Crippen LogP contribution in [0.2, 0.25) is 0 Å². The third-order valence-corrected chi connectivity index (χ3v) is 5.65. The fourth-order valence-electron chi connectivity index (χ4n) is 2.44. The summed E-state index contributed by atoms with van der Waals surface area (Å²) in [6, 6.07) is 4.50. The number of amides is 1. The third kappa shape index (κ3) is 3.54. The van der Waals surface area contributed by atoms with E-state index in [1.165, 1.54) is 38.4 Å². The minimum Gasteiger partial charge on any atom is -0.354 e. The molecule has 1 N–H and O–H groups in total. The molecule has 1 amide bonds. The second-order valence-corrected chi connectivity index (χ2v) is 7.92. The molecule has 0 aliphatic carbocycles. The molecule has 0 atom stereocenters. The van der Waals surface area contributed by atoms with Crippen molar-refractivity contribution in [1.82, 2.24) is 24.9 Å². The Morgan fingerprint density at radius 3 is 2.54 bits per heavy atom. The monoisotopic (exact) mass is 413 g/mol. The van der Waals surface area contributed by atoms with E-state index >= 15 is 0 Å². The van der Waals surface area contributed by atoms with E-state index in [4.69, 9.17) is 0 Å². The van der Waals surface area contributed by atoms with Crippen LogP contribution in [-0.4, -0.2) is 46.7 Å². The van der Waals surface area contributed by atoms with Crippen molar-refractivity contribution in [1.29, 1.82) is 0 Å².